The summed E-state index contributed by atoms with van der Waals surface area (Å²) in [6.07, 6.45) is 0. The van der Waals surface area contributed by atoms with Crippen LogP contribution in [0.2, 0.25) is 0 Å². The maximum Gasteiger partial charge on any atom is 0.262 e. The molecule has 0 aliphatic carbocycles. The van der Waals surface area contributed by atoms with Gasteiger partial charge in [-0.3, -0.25) is 4.79 Å². The maximum absolute atomic E-state index is 10.2. The monoisotopic (exact) mass is 136 g/mol. The number of amides is 1. The topological polar surface area (TPSA) is 69.4 Å². The molecule has 4 nitrogen and oxygen atoms in total. The van der Waals surface area contributed by atoms with Gasteiger partial charge in [-0.1, -0.05) is 0 Å². The van der Waals surface area contributed by atoms with Gasteiger partial charge in [0.15, 0.2) is 11.5 Å². The molecule has 0 aromatic rings. The summed E-state index contributed by atoms with van der Waals surface area (Å²) in [5, 5.41) is 4.81. The third kappa shape index (κ3) is 2.15. The summed E-state index contributed by atoms with van der Waals surface area (Å²) in [7, 11) is 1.37. The van der Waals surface area contributed by atoms with Gasteiger partial charge < -0.3 is 4.55 Å². The molecule has 0 aromatic carbocycles. The van der Waals surface area contributed by atoms with Gasteiger partial charge in [-0.2, -0.15) is 0 Å². The van der Waals surface area contributed by atoms with E-state index in [1.54, 1.807) is 0 Å². The Hall–Kier alpha value is -0.260. The van der Waals surface area contributed by atoms with E-state index in [0.717, 1.165) is 4.31 Å². The summed E-state index contributed by atoms with van der Waals surface area (Å²) in [4.78, 5) is 10.2. The van der Waals surface area contributed by atoms with E-state index >= 15 is 0 Å². The van der Waals surface area contributed by atoms with Gasteiger partial charge in [0.1, 0.15) is 0 Å². The van der Waals surface area contributed by atoms with Gasteiger partial charge in [-0.15, -0.1) is 9.44 Å². The van der Waals surface area contributed by atoms with Crippen LogP contribution in [0.4, 0.5) is 0 Å². The van der Waals surface area contributed by atoms with E-state index in [1.807, 2.05) is 0 Å². The Morgan fingerprint density at radius 1 is 1.88 bits per heavy atom. The third-order valence-electron chi connectivity index (χ3n) is 0.713. The van der Waals surface area contributed by atoms with Crippen LogP contribution in [-0.4, -0.2) is 21.8 Å². The first-order valence-corrected chi connectivity index (χ1v) is 3.13. The maximum atomic E-state index is 10.2. The zero-order chi connectivity index (χ0) is 6.73. The number of nitrogens with zero attached hydrogens (tertiary/aromatic N) is 1. The quantitative estimate of drug-likeness (QED) is 0.470. The molecule has 0 saturated carbocycles. The van der Waals surface area contributed by atoms with Crippen molar-refractivity contribution in [3.8, 4) is 0 Å². The fourth-order valence-electron chi connectivity index (χ4n) is 0.127. The SMILES string of the molecule is CC(=O)N(C)[S+](N)[O-]. The molecule has 48 valence electrons. The molecule has 0 radical (unpaired) electrons. The lowest BCUT2D eigenvalue weighted by Crippen LogP contribution is -2.36. The van der Waals surface area contributed by atoms with Crippen LogP contribution < -0.4 is 5.14 Å². The van der Waals surface area contributed by atoms with Crippen molar-refractivity contribution in [1.29, 1.82) is 0 Å². The molecular weight excluding hydrogens is 128 g/mol. The van der Waals surface area contributed by atoms with Gasteiger partial charge in [-0.25, -0.2) is 0 Å². The van der Waals surface area contributed by atoms with Crippen molar-refractivity contribution in [3.05, 3.63) is 0 Å². The molecule has 0 aromatic heterocycles. The van der Waals surface area contributed by atoms with Crippen molar-refractivity contribution in [3.63, 3.8) is 0 Å². The number of carbonyl (C=O) groups is 1. The number of rotatable bonds is 1. The highest BCUT2D eigenvalue weighted by atomic mass is 32.2. The van der Waals surface area contributed by atoms with E-state index in [2.05, 4.69) is 0 Å². The lowest BCUT2D eigenvalue weighted by Gasteiger charge is -2.11. The molecular formula is C3H8N2O2S. The first-order chi connectivity index (χ1) is 3.55. The number of carbonyl (C=O) groups excluding carboxylic acids is 1. The molecule has 0 saturated heterocycles. The van der Waals surface area contributed by atoms with Crippen LogP contribution in [0.15, 0.2) is 0 Å². The largest absolute Gasteiger partial charge is 0.574 e. The van der Waals surface area contributed by atoms with Crippen molar-refractivity contribution in [2.24, 2.45) is 5.14 Å². The molecule has 0 aliphatic heterocycles. The van der Waals surface area contributed by atoms with Gasteiger partial charge in [0.2, 0.25) is 0 Å². The average molecular weight is 136 g/mol. The Labute approximate surface area is 51.1 Å². The molecule has 0 aliphatic rings. The van der Waals surface area contributed by atoms with Crippen LogP contribution in [0.3, 0.4) is 0 Å². The minimum atomic E-state index is -1.66. The fraction of sp³-hybridized carbons (Fsp3) is 0.667. The molecule has 8 heavy (non-hydrogen) atoms. The molecule has 1 unspecified atom stereocenters. The summed E-state index contributed by atoms with van der Waals surface area (Å²) in [5.41, 5.74) is 0. The van der Waals surface area contributed by atoms with Gasteiger partial charge in [0.05, 0.1) is 7.05 Å². The normalized spacial score (nSPS) is 13.0. The number of hydrogen-bond donors (Lipinski definition) is 1. The first-order valence-electron chi connectivity index (χ1n) is 1.96. The molecule has 0 bridgehead atoms. The Morgan fingerprint density at radius 3 is 2.25 bits per heavy atom. The van der Waals surface area contributed by atoms with Gasteiger partial charge in [-0.05, 0) is 0 Å². The summed E-state index contributed by atoms with van der Waals surface area (Å²) in [6.45, 7) is 1.30. The standard InChI is InChI=1S/C3H8N2O2S/c1-3(6)5(2)8(4)7/h4H2,1-2H3. The smallest absolute Gasteiger partial charge is 0.262 e. The fourth-order valence-corrected chi connectivity index (χ4v) is 0.380. The number of nitrogens with two attached hydrogens (primary N) is 1. The Kier molecular flexibility index (Phi) is 2.81. The molecule has 1 amide bonds. The van der Waals surface area contributed by atoms with Gasteiger partial charge >= 0.3 is 0 Å². The van der Waals surface area contributed by atoms with Crippen LogP contribution in [0.5, 0.6) is 0 Å². The lowest BCUT2D eigenvalue weighted by molar-refractivity contribution is -0.123. The molecule has 1 atom stereocenters. The Balaban J connectivity index is 3.64. The second kappa shape index (κ2) is 2.91. The molecule has 0 heterocycles. The van der Waals surface area contributed by atoms with Crippen molar-refractivity contribution >= 4 is 17.5 Å². The van der Waals surface area contributed by atoms with E-state index in [9.17, 15) is 9.35 Å². The molecule has 0 spiro atoms. The number of hydrogen-bond acceptors (Lipinski definition) is 3. The second-order valence-electron chi connectivity index (χ2n) is 1.29. The van der Waals surface area contributed by atoms with Crippen molar-refractivity contribution in [2.75, 3.05) is 7.05 Å². The lowest BCUT2D eigenvalue weighted by atomic mass is 10.7. The van der Waals surface area contributed by atoms with Crippen LogP contribution in [0.1, 0.15) is 6.92 Å². The molecule has 2 N–H and O–H groups in total. The van der Waals surface area contributed by atoms with E-state index in [0.29, 0.717) is 0 Å². The predicted molar refractivity (Wildman–Crippen MR) is 30.8 cm³/mol. The van der Waals surface area contributed by atoms with Crippen molar-refractivity contribution in [2.45, 2.75) is 6.92 Å². The van der Waals surface area contributed by atoms with Crippen LogP contribution >= 0.6 is 0 Å². The zero-order valence-electron chi connectivity index (χ0n) is 4.75. The summed E-state index contributed by atoms with van der Waals surface area (Å²) in [5.74, 6) is -0.300. The van der Waals surface area contributed by atoms with Crippen molar-refractivity contribution in [1.82, 2.24) is 4.31 Å². The Morgan fingerprint density at radius 2 is 2.25 bits per heavy atom. The van der Waals surface area contributed by atoms with Crippen LogP contribution in [0.25, 0.3) is 0 Å². The van der Waals surface area contributed by atoms with E-state index in [-0.39, 0.29) is 5.91 Å². The summed E-state index contributed by atoms with van der Waals surface area (Å²) >= 11 is -1.66. The van der Waals surface area contributed by atoms with Crippen molar-refractivity contribution < 1.29 is 9.35 Å². The third-order valence-corrected chi connectivity index (χ3v) is 1.51. The highest BCUT2D eigenvalue weighted by Gasteiger charge is 2.11. The second-order valence-corrected chi connectivity index (χ2v) is 2.39. The zero-order valence-corrected chi connectivity index (χ0v) is 5.57. The Bertz CT molecular complexity index is 95.3. The average Bonchev–Trinajstić information content (AvgIpc) is 1.64. The van der Waals surface area contributed by atoms with Crippen LogP contribution in [0, 0.1) is 0 Å². The van der Waals surface area contributed by atoms with Gasteiger partial charge in [0.25, 0.3) is 5.91 Å². The van der Waals surface area contributed by atoms with E-state index in [4.69, 9.17) is 5.14 Å². The highest BCUT2D eigenvalue weighted by Crippen LogP contribution is 1.87. The highest BCUT2D eigenvalue weighted by molar-refractivity contribution is 7.87. The molecule has 0 fully saturated rings. The minimum absolute atomic E-state index is 0.300. The van der Waals surface area contributed by atoms with E-state index < -0.39 is 11.5 Å². The van der Waals surface area contributed by atoms with Crippen LogP contribution in [-0.2, 0) is 16.3 Å². The first kappa shape index (κ1) is 7.74. The van der Waals surface area contributed by atoms with Gasteiger partial charge in [0, 0.05) is 6.92 Å². The van der Waals surface area contributed by atoms with E-state index in [1.165, 1.54) is 14.0 Å². The molecule has 5 heteroatoms. The summed E-state index contributed by atoms with van der Waals surface area (Å²) < 4.78 is 11.1. The summed E-state index contributed by atoms with van der Waals surface area (Å²) in [6, 6.07) is 0. The molecule has 0 rings (SSSR count). The minimum Gasteiger partial charge on any atom is -0.574 e. The predicted octanol–water partition coefficient (Wildman–Crippen LogP) is -0.998.